The molecule has 1 aromatic rings. The van der Waals surface area contributed by atoms with Crippen LogP contribution in [0, 0.1) is 17.2 Å². The van der Waals surface area contributed by atoms with Crippen LogP contribution in [0.3, 0.4) is 0 Å². The number of nitrogens with one attached hydrogen (secondary N) is 2. The molecule has 190 valence electrons. The summed E-state index contributed by atoms with van der Waals surface area (Å²) in [7, 11) is 0. The molecule has 0 radical (unpaired) electrons. The van der Waals surface area contributed by atoms with Gasteiger partial charge in [0.15, 0.2) is 5.17 Å². The van der Waals surface area contributed by atoms with Gasteiger partial charge in [0.25, 0.3) is 5.91 Å². The topological polar surface area (TPSA) is 120 Å². The monoisotopic (exact) mass is 506 g/mol. The lowest BCUT2D eigenvalue weighted by Gasteiger charge is -2.44. The van der Waals surface area contributed by atoms with E-state index in [1.165, 1.54) is 30.0 Å². The normalized spacial score (nSPS) is 19.5. The lowest BCUT2D eigenvalue weighted by Crippen LogP contribution is -2.66. The number of rotatable bonds is 5. The van der Waals surface area contributed by atoms with E-state index in [0.29, 0.717) is 10.1 Å². The maximum absolute atomic E-state index is 14.0. The van der Waals surface area contributed by atoms with Gasteiger partial charge in [-0.2, -0.15) is 4.99 Å². The Hall–Kier alpha value is -2.92. The summed E-state index contributed by atoms with van der Waals surface area (Å²) in [6.07, 6.45) is 2.46. The van der Waals surface area contributed by atoms with Gasteiger partial charge < -0.3 is 15.2 Å². The van der Waals surface area contributed by atoms with E-state index in [0.717, 1.165) is 32.0 Å². The summed E-state index contributed by atoms with van der Waals surface area (Å²) in [5.41, 5.74) is 0.969. The minimum atomic E-state index is -1.64. The van der Waals surface area contributed by atoms with Gasteiger partial charge >= 0.3 is 12.1 Å². The number of hydrogen-bond acceptors (Lipinski definition) is 7. The molecule has 3 rings (SSSR count). The number of amidine groups is 1. The summed E-state index contributed by atoms with van der Waals surface area (Å²) in [4.78, 5) is 42.0. The molecule has 1 unspecified atom stereocenters. The van der Waals surface area contributed by atoms with E-state index in [4.69, 9.17) is 4.74 Å². The SMILES string of the molecule is CC(C)C(NC(=O)Oc1cc(F)ccc1C=C1SC(N2CCCCN2)=NC1=O)(C(=O)O)C(C)(C)C. The number of carbonyl (C=O) groups excluding carboxylic acids is 2. The minimum absolute atomic E-state index is 0.148. The van der Waals surface area contributed by atoms with Crippen molar-refractivity contribution in [3.8, 4) is 5.75 Å². The number of aliphatic imine (C=N–C) groups is 1. The number of carbonyl (C=O) groups is 3. The average Bonchev–Trinajstić information content (AvgIpc) is 3.13. The first-order valence-corrected chi connectivity index (χ1v) is 12.2. The standard InChI is InChI=1S/C24H31FN4O5S/c1-14(2)24(20(31)32,23(3,4)5)28-22(33)34-17-13-16(25)9-8-15(17)12-18-19(30)27-21(35-18)29-11-7-6-10-26-29/h8-9,12-14,26H,6-7,10-11H2,1-5H3,(H,28,33)(H,31,32). The number of hydrogen-bond donors (Lipinski definition) is 3. The summed E-state index contributed by atoms with van der Waals surface area (Å²) in [5.74, 6) is -2.94. The van der Waals surface area contributed by atoms with E-state index in [1.807, 2.05) is 5.01 Å². The van der Waals surface area contributed by atoms with Crippen molar-refractivity contribution in [3.05, 3.63) is 34.5 Å². The third-order valence-electron chi connectivity index (χ3n) is 6.10. The smallest absolute Gasteiger partial charge is 0.413 e. The predicted molar refractivity (Wildman–Crippen MR) is 132 cm³/mol. The molecule has 11 heteroatoms. The Morgan fingerprint density at radius 1 is 1.31 bits per heavy atom. The van der Waals surface area contributed by atoms with Crippen LogP contribution in [0.2, 0.25) is 0 Å². The van der Waals surface area contributed by atoms with Gasteiger partial charge in [0.2, 0.25) is 0 Å². The summed E-state index contributed by atoms with van der Waals surface area (Å²) in [6.45, 7) is 10.0. The first-order chi connectivity index (χ1) is 16.3. The summed E-state index contributed by atoms with van der Waals surface area (Å²) >= 11 is 1.17. The Labute approximate surface area is 208 Å². The second-order valence-electron chi connectivity index (χ2n) is 9.79. The van der Waals surface area contributed by atoms with Gasteiger partial charge in [-0.05, 0) is 54.1 Å². The number of carboxylic acids is 1. The van der Waals surface area contributed by atoms with Gasteiger partial charge in [0, 0.05) is 24.7 Å². The lowest BCUT2D eigenvalue weighted by molar-refractivity contribution is -0.152. The molecule has 2 aliphatic heterocycles. The highest BCUT2D eigenvalue weighted by Gasteiger charge is 2.53. The van der Waals surface area contributed by atoms with Crippen molar-refractivity contribution in [1.29, 1.82) is 0 Å². The fourth-order valence-electron chi connectivity index (χ4n) is 4.33. The maximum atomic E-state index is 14.0. The van der Waals surface area contributed by atoms with Crippen LogP contribution in [0.15, 0.2) is 28.1 Å². The zero-order chi connectivity index (χ0) is 26.0. The third kappa shape index (κ3) is 5.67. The summed E-state index contributed by atoms with van der Waals surface area (Å²) < 4.78 is 19.4. The first-order valence-electron chi connectivity index (χ1n) is 11.4. The largest absolute Gasteiger partial charge is 0.479 e. The van der Waals surface area contributed by atoms with Crippen LogP contribution in [0.1, 0.15) is 53.0 Å². The van der Waals surface area contributed by atoms with Gasteiger partial charge in [-0.15, -0.1) is 0 Å². The molecule has 0 aliphatic carbocycles. The van der Waals surface area contributed by atoms with Gasteiger partial charge in [-0.25, -0.2) is 19.4 Å². The van der Waals surface area contributed by atoms with Crippen LogP contribution in [-0.4, -0.2) is 51.9 Å². The second kappa shape index (κ2) is 10.4. The van der Waals surface area contributed by atoms with Crippen molar-refractivity contribution < 1.29 is 28.6 Å². The van der Waals surface area contributed by atoms with Crippen molar-refractivity contribution >= 4 is 41.0 Å². The van der Waals surface area contributed by atoms with E-state index in [1.54, 1.807) is 34.6 Å². The molecule has 35 heavy (non-hydrogen) atoms. The first kappa shape index (κ1) is 26.7. The van der Waals surface area contributed by atoms with Gasteiger partial charge in [-0.1, -0.05) is 34.6 Å². The molecule has 1 fully saturated rings. The van der Waals surface area contributed by atoms with Gasteiger partial charge in [-0.3, -0.25) is 9.80 Å². The van der Waals surface area contributed by atoms with Crippen LogP contribution in [0.4, 0.5) is 9.18 Å². The van der Waals surface area contributed by atoms with E-state index in [-0.39, 0.29) is 11.3 Å². The van der Waals surface area contributed by atoms with Crippen molar-refractivity contribution in [2.45, 2.75) is 53.0 Å². The molecular formula is C24H31FN4O5S. The van der Waals surface area contributed by atoms with Crippen molar-refractivity contribution in [1.82, 2.24) is 15.8 Å². The Balaban J connectivity index is 1.85. The van der Waals surface area contributed by atoms with Crippen molar-refractivity contribution in [3.63, 3.8) is 0 Å². The number of nitrogens with zero attached hydrogens (tertiary/aromatic N) is 2. The molecule has 0 aromatic heterocycles. The zero-order valence-corrected chi connectivity index (χ0v) is 21.3. The van der Waals surface area contributed by atoms with Crippen LogP contribution in [0.5, 0.6) is 5.75 Å². The number of benzene rings is 1. The Bertz CT molecular complexity index is 1080. The van der Waals surface area contributed by atoms with E-state index >= 15 is 0 Å². The zero-order valence-electron chi connectivity index (χ0n) is 20.5. The van der Waals surface area contributed by atoms with Crippen LogP contribution in [0.25, 0.3) is 6.08 Å². The molecule has 3 N–H and O–H groups in total. The fourth-order valence-corrected chi connectivity index (χ4v) is 5.24. The molecule has 1 atom stereocenters. The number of amides is 2. The Kier molecular flexibility index (Phi) is 7.90. The maximum Gasteiger partial charge on any atom is 0.413 e. The average molecular weight is 507 g/mol. The van der Waals surface area contributed by atoms with Crippen molar-refractivity contribution in [2.24, 2.45) is 16.3 Å². The van der Waals surface area contributed by atoms with E-state index in [9.17, 15) is 23.9 Å². The predicted octanol–water partition coefficient (Wildman–Crippen LogP) is 4.01. The molecule has 0 bridgehead atoms. The number of halogens is 1. The second-order valence-corrected chi connectivity index (χ2v) is 10.8. The molecule has 2 aliphatic rings. The third-order valence-corrected chi connectivity index (χ3v) is 7.11. The molecule has 9 nitrogen and oxygen atoms in total. The Morgan fingerprint density at radius 2 is 2.03 bits per heavy atom. The number of hydrazine groups is 1. The van der Waals surface area contributed by atoms with Gasteiger partial charge in [0.05, 0.1) is 4.91 Å². The van der Waals surface area contributed by atoms with Gasteiger partial charge in [0.1, 0.15) is 17.1 Å². The quantitative estimate of drug-likeness (QED) is 0.513. The molecule has 0 saturated carbocycles. The van der Waals surface area contributed by atoms with E-state index in [2.05, 4.69) is 15.7 Å². The molecule has 1 aromatic carbocycles. The van der Waals surface area contributed by atoms with E-state index < -0.39 is 40.7 Å². The number of thioether (sulfide) groups is 1. The van der Waals surface area contributed by atoms with Crippen LogP contribution >= 0.6 is 11.8 Å². The molecule has 2 amide bonds. The minimum Gasteiger partial charge on any atom is -0.479 e. The summed E-state index contributed by atoms with van der Waals surface area (Å²) in [5, 5.41) is 14.8. The number of aliphatic carboxylic acids is 1. The molecular weight excluding hydrogens is 475 g/mol. The molecule has 1 saturated heterocycles. The molecule has 2 heterocycles. The summed E-state index contributed by atoms with van der Waals surface area (Å²) in [6, 6.07) is 3.57. The van der Waals surface area contributed by atoms with Crippen LogP contribution in [-0.2, 0) is 9.59 Å². The lowest BCUT2D eigenvalue weighted by atomic mass is 9.67. The van der Waals surface area contributed by atoms with Crippen molar-refractivity contribution in [2.75, 3.05) is 13.1 Å². The van der Waals surface area contributed by atoms with Crippen LogP contribution < -0.4 is 15.5 Å². The number of carboxylic acid groups (broad SMARTS) is 1. The fraction of sp³-hybridized carbons (Fsp3) is 0.500. The Morgan fingerprint density at radius 3 is 2.60 bits per heavy atom. The molecule has 0 spiro atoms. The highest BCUT2D eigenvalue weighted by Crippen LogP contribution is 2.38. The number of ether oxygens (including phenoxy) is 1. The highest BCUT2D eigenvalue weighted by atomic mass is 32.2. The highest BCUT2D eigenvalue weighted by molar-refractivity contribution is 8.18.